The summed E-state index contributed by atoms with van der Waals surface area (Å²) >= 11 is 0. The van der Waals surface area contributed by atoms with E-state index in [-0.39, 0.29) is 12.5 Å². The number of unbranched alkanes of at least 4 members (excludes halogenated alkanes) is 2. The molecule has 1 heterocycles. The van der Waals surface area contributed by atoms with Crippen LogP contribution in [0.4, 0.5) is 0 Å². The van der Waals surface area contributed by atoms with Gasteiger partial charge in [-0.15, -0.1) is 0 Å². The molecule has 0 radical (unpaired) electrons. The van der Waals surface area contributed by atoms with E-state index in [0.29, 0.717) is 17.8 Å². The van der Waals surface area contributed by atoms with E-state index in [2.05, 4.69) is 17.2 Å². The van der Waals surface area contributed by atoms with Gasteiger partial charge in [0.2, 0.25) is 0 Å². The van der Waals surface area contributed by atoms with Crippen LogP contribution in [0.3, 0.4) is 0 Å². The van der Waals surface area contributed by atoms with Gasteiger partial charge in [-0.2, -0.15) is 0 Å². The van der Waals surface area contributed by atoms with Crippen molar-refractivity contribution in [1.82, 2.24) is 10.3 Å². The van der Waals surface area contributed by atoms with Crippen molar-refractivity contribution < 1.29 is 9.90 Å². The van der Waals surface area contributed by atoms with Gasteiger partial charge >= 0.3 is 0 Å². The minimum absolute atomic E-state index is 0.104. The number of aliphatic hydroxyl groups is 1. The molecule has 1 aromatic rings. The summed E-state index contributed by atoms with van der Waals surface area (Å²) in [6.45, 7) is 2.68. The highest BCUT2D eigenvalue weighted by Crippen LogP contribution is 2.02. The maximum absolute atomic E-state index is 11.7. The van der Waals surface area contributed by atoms with Gasteiger partial charge in [0.1, 0.15) is 0 Å². The van der Waals surface area contributed by atoms with E-state index in [9.17, 15) is 4.79 Å². The number of amides is 1. The highest BCUT2D eigenvalue weighted by molar-refractivity contribution is 5.94. The predicted octanol–water partition coefficient (Wildman–Crippen LogP) is 1.49. The smallest absolute Gasteiger partial charge is 0.251 e. The Hall–Kier alpha value is -1.42. The van der Waals surface area contributed by atoms with Crippen molar-refractivity contribution in [1.29, 1.82) is 0 Å². The van der Waals surface area contributed by atoms with Gasteiger partial charge in [0.05, 0.1) is 12.3 Å². The fraction of sp³-hybridized carbons (Fsp3) is 0.500. The highest BCUT2D eigenvalue weighted by atomic mass is 16.3. The van der Waals surface area contributed by atoms with Crippen LogP contribution in [0.5, 0.6) is 0 Å². The fourth-order valence-electron chi connectivity index (χ4n) is 1.38. The molecule has 0 spiro atoms. The van der Waals surface area contributed by atoms with Crippen molar-refractivity contribution in [2.45, 2.75) is 32.8 Å². The Morgan fingerprint density at radius 2 is 2.31 bits per heavy atom. The van der Waals surface area contributed by atoms with Gasteiger partial charge < -0.3 is 10.4 Å². The van der Waals surface area contributed by atoms with Crippen LogP contribution in [0.2, 0.25) is 0 Å². The molecule has 0 aromatic carbocycles. The van der Waals surface area contributed by atoms with Crippen LogP contribution in [0, 0.1) is 0 Å². The lowest BCUT2D eigenvalue weighted by Gasteiger charge is -2.05. The van der Waals surface area contributed by atoms with E-state index in [1.165, 1.54) is 6.20 Å². The van der Waals surface area contributed by atoms with Crippen molar-refractivity contribution in [3.63, 3.8) is 0 Å². The van der Waals surface area contributed by atoms with Crippen molar-refractivity contribution >= 4 is 5.91 Å². The van der Waals surface area contributed by atoms with Crippen LogP contribution >= 0.6 is 0 Å². The summed E-state index contributed by atoms with van der Waals surface area (Å²) in [5, 5.41) is 11.7. The average Bonchev–Trinajstić information content (AvgIpc) is 2.34. The number of pyridine rings is 1. The van der Waals surface area contributed by atoms with E-state index in [1.54, 1.807) is 12.1 Å². The number of aromatic nitrogens is 1. The van der Waals surface area contributed by atoms with Gasteiger partial charge in [-0.05, 0) is 18.6 Å². The molecule has 0 saturated carbocycles. The second-order valence-corrected chi connectivity index (χ2v) is 3.66. The molecule has 0 aliphatic carbocycles. The van der Waals surface area contributed by atoms with E-state index < -0.39 is 0 Å². The van der Waals surface area contributed by atoms with Gasteiger partial charge in [-0.3, -0.25) is 9.78 Å². The van der Waals surface area contributed by atoms with E-state index in [0.717, 1.165) is 19.3 Å². The molecule has 2 N–H and O–H groups in total. The molecule has 0 bridgehead atoms. The van der Waals surface area contributed by atoms with E-state index in [1.807, 2.05) is 0 Å². The zero-order valence-electron chi connectivity index (χ0n) is 9.57. The fourth-order valence-corrected chi connectivity index (χ4v) is 1.38. The lowest BCUT2D eigenvalue weighted by molar-refractivity contribution is 0.0952. The van der Waals surface area contributed by atoms with Crippen LogP contribution in [0.25, 0.3) is 0 Å². The molecule has 88 valence electrons. The van der Waals surface area contributed by atoms with Gasteiger partial charge in [0.25, 0.3) is 5.91 Å². The van der Waals surface area contributed by atoms with Crippen LogP contribution in [0.1, 0.15) is 42.2 Å². The highest BCUT2D eigenvalue weighted by Gasteiger charge is 2.05. The summed E-state index contributed by atoms with van der Waals surface area (Å²) in [7, 11) is 0. The van der Waals surface area contributed by atoms with Gasteiger partial charge in [-0.25, -0.2) is 0 Å². The second kappa shape index (κ2) is 6.95. The third kappa shape index (κ3) is 3.98. The van der Waals surface area contributed by atoms with Gasteiger partial charge in [0, 0.05) is 18.3 Å². The number of aliphatic hydroxyl groups excluding tert-OH is 1. The molecule has 1 amide bonds. The van der Waals surface area contributed by atoms with E-state index in [4.69, 9.17) is 5.11 Å². The Morgan fingerprint density at radius 3 is 3.00 bits per heavy atom. The number of nitrogens with zero attached hydrogens (tertiary/aromatic N) is 1. The van der Waals surface area contributed by atoms with Crippen LogP contribution in [-0.2, 0) is 6.61 Å². The third-order valence-electron chi connectivity index (χ3n) is 2.31. The largest absolute Gasteiger partial charge is 0.390 e. The summed E-state index contributed by atoms with van der Waals surface area (Å²) in [6, 6.07) is 3.25. The predicted molar refractivity (Wildman–Crippen MR) is 62.0 cm³/mol. The topological polar surface area (TPSA) is 62.2 Å². The number of hydrogen-bond acceptors (Lipinski definition) is 3. The maximum Gasteiger partial charge on any atom is 0.251 e. The molecular formula is C12H18N2O2. The third-order valence-corrected chi connectivity index (χ3v) is 2.31. The molecule has 0 aliphatic rings. The summed E-state index contributed by atoms with van der Waals surface area (Å²) in [6.07, 6.45) is 4.80. The molecule has 1 aromatic heterocycles. The molecule has 0 unspecified atom stereocenters. The number of rotatable bonds is 6. The average molecular weight is 222 g/mol. The molecule has 4 nitrogen and oxygen atoms in total. The lowest BCUT2D eigenvalue weighted by Crippen LogP contribution is -2.24. The molecule has 4 heteroatoms. The SMILES string of the molecule is CCCCCNC(=O)c1ccnc(CO)c1. The Kier molecular flexibility index (Phi) is 5.50. The number of hydrogen-bond donors (Lipinski definition) is 2. The Balaban J connectivity index is 2.46. The van der Waals surface area contributed by atoms with Gasteiger partial charge in [-0.1, -0.05) is 19.8 Å². The first-order valence-corrected chi connectivity index (χ1v) is 5.62. The zero-order valence-corrected chi connectivity index (χ0v) is 9.57. The minimum Gasteiger partial charge on any atom is -0.390 e. The summed E-state index contributed by atoms with van der Waals surface area (Å²) in [4.78, 5) is 15.6. The summed E-state index contributed by atoms with van der Waals surface area (Å²) in [5.41, 5.74) is 1.07. The van der Waals surface area contributed by atoms with Crippen molar-refractivity contribution in [3.05, 3.63) is 29.6 Å². The summed E-state index contributed by atoms with van der Waals surface area (Å²) in [5.74, 6) is -0.104. The Bertz CT molecular complexity index is 340. The van der Waals surface area contributed by atoms with Crippen LogP contribution in [-0.4, -0.2) is 22.5 Å². The molecule has 0 atom stereocenters. The number of carbonyl (C=O) groups is 1. The van der Waals surface area contributed by atoms with Crippen LogP contribution in [0.15, 0.2) is 18.3 Å². The Morgan fingerprint density at radius 1 is 1.50 bits per heavy atom. The van der Waals surface area contributed by atoms with E-state index >= 15 is 0 Å². The standard InChI is InChI=1S/C12H18N2O2/c1-2-3-4-6-14-12(16)10-5-7-13-11(8-10)9-15/h5,7-8,15H,2-4,6,9H2,1H3,(H,14,16). The first kappa shape index (κ1) is 12.6. The van der Waals surface area contributed by atoms with Gasteiger partial charge in [0.15, 0.2) is 0 Å². The molecule has 0 aliphatic heterocycles. The quantitative estimate of drug-likeness (QED) is 0.717. The molecule has 0 saturated heterocycles. The summed E-state index contributed by atoms with van der Waals surface area (Å²) < 4.78 is 0. The number of nitrogens with one attached hydrogen (secondary N) is 1. The second-order valence-electron chi connectivity index (χ2n) is 3.66. The maximum atomic E-state index is 11.7. The zero-order chi connectivity index (χ0) is 11.8. The molecule has 16 heavy (non-hydrogen) atoms. The molecule has 0 fully saturated rings. The minimum atomic E-state index is -0.142. The molecular weight excluding hydrogens is 204 g/mol. The normalized spacial score (nSPS) is 10.1. The van der Waals surface area contributed by atoms with Crippen molar-refractivity contribution in [3.8, 4) is 0 Å². The Labute approximate surface area is 95.7 Å². The number of carbonyl (C=O) groups excluding carboxylic acids is 1. The first-order valence-electron chi connectivity index (χ1n) is 5.62. The van der Waals surface area contributed by atoms with Crippen molar-refractivity contribution in [2.24, 2.45) is 0 Å². The lowest BCUT2D eigenvalue weighted by atomic mass is 10.2. The van der Waals surface area contributed by atoms with Crippen LogP contribution < -0.4 is 5.32 Å². The first-order chi connectivity index (χ1) is 7.77. The molecule has 1 rings (SSSR count). The monoisotopic (exact) mass is 222 g/mol. The van der Waals surface area contributed by atoms with Crippen molar-refractivity contribution in [2.75, 3.05) is 6.54 Å².